The van der Waals surface area contributed by atoms with E-state index in [1.54, 1.807) is 18.2 Å². The molecule has 0 aliphatic heterocycles. The van der Waals surface area contributed by atoms with Crippen molar-refractivity contribution in [1.82, 2.24) is 4.98 Å². The van der Waals surface area contributed by atoms with Gasteiger partial charge in [0.1, 0.15) is 27.6 Å². The van der Waals surface area contributed by atoms with Crippen LogP contribution in [0.15, 0.2) is 48.5 Å². The molecule has 134 valence electrons. The molecule has 0 spiro atoms. The van der Waals surface area contributed by atoms with Gasteiger partial charge >= 0.3 is 0 Å². The number of aromatic nitrogens is 1. The van der Waals surface area contributed by atoms with Gasteiger partial charge in [-0.1, -0.05) is 53.3 Å². The quantitative estimate of drug-likeness (QED) is 0.629. The molecule has 0 radical (unpaired) electrons. The lowest BCUT2D eigenvalue weighted by Gasteiger charge is -2.03. The molecular formula is C21H16FN3OS. The van der Waals surface area contributed by atoms with E-state index in [1.807, 2.05) is 31.2 Å². The summed E-state index contributed by atoms with van der Waals surface area (Å²) in [6.07, 6.45) is 1.65. The summed E-state index contributed by atoms with van der Waals surface area (Å²) in [6.45, 7) is 3.42. The summed E-state index contributed by atoms with van der Waals surface area (Å²) >= 11 is 1.23. The lowest BCUT2D eigenvalue weighted by Crippen LogP contribution is -2.05. The minimum Gasteiger partial charge on any atom is -0.316 e. The number of aryl methyl sites for hydroxylation is 1. The molecule has 3 rings (SSSR count). The van der Waals surface area contributed by atoms with E-state index in [4.69, 9.17) is 0 Å². The molecule has 4 nitrogen and oxygen atoms in total. The van der Waals surface area contributed by atoms with Crippen molar-refractivity contribution >= 4 is 33.9 Å². The van der Waals surface area contributed by atoms with Gasteiger partial charge in [-0.3, -0.25) is 4.79 Å². The van der Waals surface area contributed by atoms with E-state index in [-0.39, 0.29) is 11.7 Å². The van der Waals surface area contributed by atoms with Crippen molar-refractivity contribution in [1.29, 1.82) is 5.26 Å². The Morgan fingerprint density at radius 2 is 1.85 bits per heavy atom. The minimum atomic E-state index is -0.338. The highest BCUT2D eigenvalue weighted by Crippen LogP contribution is 2.36. The molecule has 2 aromatic carbocycles. The zero-order valence-electron chi connectivity index (χ0n) is 14.8. The fourth-order valence-corrected chi connectivity index (χ4v) is 3.45. The number of hydrogen-bond acceptors (Lipinski definition) is 4. The third-order valence-corrected chi connectivity index (χ3v) is 4.78. The number of carbonyl (C=O) groups is 1. The van der Waals surface area contributed by atoms with Crippen LogP contribution in [0.1, 0.15) is 23.1 Å². The van der Waals surface area contributed by atoms with Gasteiger partial charge in [0.25, 0.3) is 0 Å². The molecule has 3 aromatic rings. The Hall–Kier alpha value is -3.30. The van der Waals surface area contributed by atoms with Crippen molar-refractivity contribution in [3.05, 3.63) is 70.5 Å². The maximum absolute atomic E-state index is 13.1. The fraction of sp³-hybridized carbons (Fsp3) is 0.0952. The number of anilines is 1. The summed E-state index contributed by atoms with van der Waals surface area (Å²) < 4.78 is 13.1. The van der Waals surface area contributed by atoms with Gasteiger partial charge in [0.15, 0.2) is 0 Å². The van der Waals surface area contributed by atoms with Crippen molar-refractivity contribution in [3.8, 4) is 17.3 Å². The third-order valence-electron chi connectivity index (χ3n) is 3.77. The zero-order valence-corrected chi connectivity index (χ0v) is 15.6. The topological polar surface area (TPSA) is 65.8 Å². The van der Waals surface area contributed by atoms with Crippen LogP contribution in [0.3, 0.4) is 0 Å². The number of thiazole rings is 1. The monoisotopic (exact) mass is 377 g/mol. The number of nitrogens with zero attached hydrogens (tertiary/aromatic N) is 2. The SMILES string of the molecule is CC(=O)Nc1sc(/C(C#N)=C/c2ccc(F)cc2)nc1-c1ccc(C)cc1. The molecule has 0 atom stereocenters. The van der Waals surface area contributed by atoms with Crippen molar-refractivity contribution < 1.29 is 9.18 Å². The summed E-state index contributed by atoms with van der Waals surface area (Å²) in [7, 11) is 0. The highest BCUT2D eigenvalue weighted by atomic mass is 32.1. The average molecular weight is 377 g/mol. The first-order valence-electron chi connectivity index (χ1n) is 8.19. The van der Waals surface area contributed by atoms with Gasteiger partial charge in [-0.25, -0.2) is 9.37 Å². The number of halogens is 1. The number of nitrogens with one attached hydrogen (secondary N) is 1. The molecule has 0 aliphatic carbocycles. The van der Waals surface area contributed by atoms with E-state index in [9.17, 15) is 14.4 Å². The summed E-state index contributed by atoms with van der Waals surface area (Å²) in [5, 5.41) is 13.4. The minimum absolute atomic E-state index is 0.209. The van der Waals surface area contributed by atoms with Crippen LogP contribution in [0, 0.1) is 24.1 Å². The molecule has 0 saturated carbocycles. The first-order valence-corrected chi connectivity index (χ1v) is 9.01. The Kier molecular flexibility index (Phi) is 5.43. The van der Waals surface area contributed by atoms with Crippen molar-refractivity contribution in [3.63, 3.8) is 0 Å². The molecule has 1 heterocycles. The molecule has 0 saturated heterocycles. The predicted octanol–water partition coefficient (Wildman–Crippen LogP) is 5.28. The standard InChI is InChI=1S/C21H16FN3OS/c1-13-3-7-16(8-4-13)19-21(24-14(2)26)27-20(25-19)17(12-23)11-15-5-9-18(22)10-6-15/h3-11H,1-2H3,(H,24,26)/b17-11+. The van der Waals surface area contributed by atoms with E-state index in [1.165, 1.54) is 30.4 Å². The van der Waals surface area contributed by atoms with E-state index in [0.29, 0.717) is 26.8 Å². The number of rotatable bonds is 4. The van der Waals surface area contributed by atoms with Crippen LogP contribution in [0.25, 0.3) is 22.9 Å². The van der Waals surface area contributed by atoms with E-state index in [2.05, 4.69) is 16.4 Å². The van der Waals surface area contributed by atoms with Gasteiger partial charge in [-0.15, -0.1) is 0 Å². The van der Waals surface area contributed by atoms with Crippen molar-refractivity contribution in [2.75, 3.05) is 5.32 Å². The third kappa shape index (κ3) is 4.46. The van der Waals surface area contributed by atoms with Gasteiger partial charge in [0.2, 0.25) is 5.91 Å². The fourth-order valence-electron chi connectivity index (χ4n) is 2.45. The van der Waals surface area contributed by atoms with Crippen LogP contribution in [-0.2, 0) is 4.79 Å². The normalized spacial score (nSPS) is 11.1. The van der Waals surface area contributed by atoms with Crippen LogP contribution >= 0.6 is 11.3 Å². The Balaban J connectivity index is 2.06. The number of amides is 1. The van der Waals surface area contributed by atoms with Gasteiger partial charge in [0, 0.05) is 12.5 Å². The Morgan fingerprint density at radius 3 is 2.44 bits per heavy atom. The molecule has 1 amide bonds. The van der Waals surface area contributed by atoms with E-state index in [0.717, 1.165) is 11.1 Å². The van der Waals surface area contributed by atoms with Crippen molar-refractivity contribution in [2.45, 2.75) is 13.8 Å². The number of nitriles is 1. The maximum atomic E-state index is 13.1. The highest BCUT2D eigenvalue weighted by molar-refractivity contribution is 7.17. The molecule has 0 bridgehead atoms. The van der Waals surface area contributed by atoms with Gasteiger partial charge in [0.05, 0.1) is 5.57 Å². The van der Waals surface area contributed by atoms with Gasteiger partial charge < -0.3 is 5.32 Å². The largest absolute Gasteiger partial charge is 0.316 e. The maximum Gasteiger partial charge on any atom is 0.221 e. The summed E-state index contributed by atoms with van der Waals surface area (Å²) in [5.41, 5.74) is 3.62. The number of allylic oxidation sites excluding steroid dienone is 1. The molecule has 0 aliphatic rings. The Bertz CT molecular complexity index is 1040. The molecule has 6 heteroatoms. The molecule has 1 aromatic heterocycles. The highest BCUT2D eigenvalue weighted by Gasteiger charge is 2.17. The first-order chi connectivity index (χ1) is 13.0. The summed E-state index contributed by atoms with van der Waals surface area (Å²) in [5.74, 6) is -0.547. The lowest BCUT2D eigenvalue weighted by atomic mass is 10.1. The predicted molar refractivity (Wildman–Crippen MR) is 106 cm³/mol. The van der Waals surface area contributed by atoms with Crippen LogP contribution in [0.4, 0.5) is 9.39 Å². The number of hydrogen-bond donors (Lipinski definition) is 1. The molecule has 0 unspecified atom stereocenters. The molecule has 1 N–H and O–H groups in total. The van der Waals surface area contributed by atoms with Crippen molar-refractivity contribution in [2.24, 2.45) is 0 Å². The Morgan fingerprint density at radius 1 is 1.19 bits per heavy atom. The second-order valence-electron chi connectivity index (χ2n) is 5.97. The molecule has 0 fully saturated rings. The summed E-state index contributed by atoms with van der Waals surface area (Å²) in [4.78, 5) is 16.2. The van der Waals surface area contributed by atoms with E-state index < -0.39 is 0 Å². The van der Waals surface area contributed by atoms with Gasteiger partial charge in [-0.05, 0) is 30.7 Å². The number of carbonyl (C=O) groups excluding carboxylic acids is 1. The second-order valence-corrected chi connectivity index (χ2v) is 6.96. The molecule has 27 heavy (non-hydrogen) atoms. The molecular weight excluding hydrogens is 361 g/mol. The van der Waals surface area contributed by atoms with Crippen LogP contribution in [0.2, 0.25) is 0 Å². The smallest absolute Gasteiger partial charge is 0.221 e. The number of benzene rings is 2. The van der Waals surface area contributed by atoms with E-state index >= 15 is 0 Å². The first kappa shape index (κ1) is 18.5. The van der Waals surface area contributed by atoms with Gasteiger partial charge in [-0.2, -0.15) is 5.26 Å². The lowest BCUT2D eigenvalue weighted by molar-refractivity contribution is -0.114. The van der Waals surface area contributed by atoms with Crippen LogP contribution in [-0.4, -0.2) is 10.9 Å². The summed E-state index contributed by atoms with van der Waals surface area (Å²) in [6, 6.07) is 15.8. The van der Waals surface area contributed by atoms with Crippen LogP contribution in [0.5, 0.6) is 0 Å². The average Bonchev–Trinajstić information content (AvgIpc) is 3.04. The zero-order chi connectivity index (χ0) is 19.4. The van der Waals surface area contributed by atoms with Crippen LogP contribution < -0.4 is 5.32 Å². The second kappa shape index (κ2) is 7.94. The Labute approximate surface area is 160 Å².